The van der Waals surface area contributed by atoms with Crippen LogP contribution in [0.1, 0.15) is 85.5 Å². The summed E-state index contributed by atoms with van der Waals surface area (Å²) in [5, 5.41) is 0.328. The Hall–Kier alpha value is -1.20. The maximum atomic E-state index is 11.5. The third kappa shape index (κ3) is 13.1. The van der Waals surface area contributed by atoms with Gasteiger partial charge in [-0.05, 0) is 69.5 Å². The van der Waals surface area contributed by atoms with Gasteiger partial charge in [0.15, 0.2) is 5.12 Å². The Labute approximate surface area is 179 Å². The summed E-state index contributed by atoms with van der Waals surface area (Å²) in [5.41, 5.74) is -0.172. The van der Waals surface area contributed by atoms with E-state index >= 15 is 0 Å². The average Bonchev–Trinajstić information content (AvgIpc) is 2.69. The highest BCUT2D eigenvalue weighted by atomic mass is 32.2. The quantitative estimate of drug-likeness (QED) is 0.148. The molecule has 0 aromatic heterocycles. The van der Waals surface area contributed by atoms with Gasteiger partial charge in [-0.25, -0.2) is 0 Å². The van der Waals surface area contributed by atoms with E-state index in [0.717, 1.165) is 44.3 Å². The Bertz CT molecular complexity index is 525. The minimum atomic E-state index is -0.172. The van der Waals surface area contributed by atoms with Crippen molar-refractivity contribution in [2.24, 2.45) is 17.3 Å². The molecule has 0 saturated heterocycles. The number of carbonyl (C=O) groups is 1. The number of rotatable bonds is 16. The standard InChI is InChI=1S/C26H42OS/c1-7-18-24(20-15-11-12-16-21-25(27)28-10-4)23(5)19-14-13-17-22-26(6,8-2)9-3/h2,9,11,14-15,19,23-24H,3,7,10,12-13,16-18,20-22H2,1,4-6H3/b15-11-,19-14+/t23?,24-,26?/m1/s1. The number of hydrogen-bond acceptors (Lipinski definition) is 2. The first-order chi connectivity index (χ1) is 13.4. The molecule has 0 amide bonds. The van der Waals surface area contributed by atoms with Gasteiger partial charge in [-0.2, -0.15) is 0 Å². The molecule has 0 bridgehead atoms. The van der Waals surface area contributed by atoms with E-state index in [1.165, 1.54) is 24.6 Å². The largest absolute Gasteiger partial charge is 0.287 e. The average molecular weight is 403 g/mol. The van der Waals surface area contributed by atoms with Gasteiger partial charge in [0.1, 0.15) is 0 Å². The van der Waals surface area contributed by atoms with Gasteiger partial charge in [0.05, 0.1) is 0 Å². The molecule has 2 unspecified atom stereocenters. The van der Waals surface area contributed by atoms with Crippen LogP contribution in [0.4, 0.5) is 0 Å². The van der Waals surface area contributed by atoms with Crippen molar-refractivity contribution in [3.8, 4) is 12.3 Å². The number of allylic oxidation sites excluding steroid dienone is 5. The lowest BCUT2D eigenvalue weighted by molar-refractivity contribution is -0.111. The van der Waals surface area contributed by atoms with Crippen molar-refractivity contribution in [3.05, 3.63) is 37.0 Å². The van der Waals surface area contributed by atoms with E-state index in [1.54, 1.807) is 0 Å². The summed E-state index contributed by atoms with van der Waals surface area (Å²) in [4.78, 5) is 11.5. The fraction of sp³-hybridized carbons (Fsp3) is 0.654. The van der Waals surface area contributed by atoms with Gasteiger partial charge in [-0.15, -0.1) is 13.0 Å². The molecule has 0 N–H and O–H groups in total. The van der Waals surface area contributed by atoms with Crippen LogP contribution in [0.3, 0.4) is 0 Å². The van der Waals surface area contributed by atoms with Gasteiger partial charge >= 0.3 is 0 Å². The highest BCUT2D eigenvalue weighted by Gasteiger charge is 2.15. The second kappa shape index (κ2) is 16.7. The van der Waals surface area contributed by atoms with E-state index in [0.29, 0.717) is 23.4 Å². The monoisotopic (exact) mass is 402 g/mol. The molecule has 0 aliphatic carbocycles. The molecule has 0 aromatic rings. The van der Waals surface area contributed by atoms with Crippen molar-refractivity contribution in [2.45, 2.75) is 85.5 Å². The van der Waals surface area contributed by atoms with Crippen LogP contribution in [-0.2, 0) is 4.79 Å². The van der Waals surface area contributed by atoms with Crippen molar-refractivity contribution in [3.63, 3.8) is 0 Å². The molecule has 28 heavy (non-hydrogen) atoms. The van der Waals surface area contributed by atoms with Crippen molar-refractivity contribution in [1.82, 2.24) is 0 Å². The second-order valence-electron chi connectivity index (χ2n) is 7.90. The molecule has 0 spiro atoms. The molecular formula is C26H42OS. The van der Waals surface area contributed by atoms with E-state index in [2.05, 4.69) is 57.6 Å². The summed E-state index contributed by atoms with van der Waals surface area (Å²) in [5.74, 6) is 5.01. The van der Waals surface area contributed by atoms with E-state index in [1.807, 2.05) is 13.0 Å². The summed E-state index contributed by atoms with van der Waals surface area (Å²) in [7, 11) is 0. The van der Waals surface area contributed by atoms with Crippen molar-refractivity contribution in [2.75, 3.05) is 5.75 Å². The summed E-state index contributed by atoms with van der Waals surface area (Å²) in [6, 6.07) is 0. The molecule has 2 heteroatoms. The predicted molar refractivity (Wildman–Crippen MR) is 128 cm³/mol. The lowest BCUT2D eigenvalue weighted by Crippen LogP contribution is -2.09. The molecule has 1 nitrogen and oxygen atoms in total. The minimum Gasteiger partial charge on any atom is -0.287 e. The van der Waals surface area contributed by atoms with Crippen LogP contribution in [0.25, 0.3) is 0 Å². The first-order valence-electron chi connectivity index (χ1n) is 11.0. The second-order valence-corrected chi connectivity index (χ2v) is 9.22. The molecule has 3 atom stereocenters. The number of unbranched alkanes of at least 4 members (excludes halogenated alkanes) is 2. The van der Waals surface area contributed by atoms with Crippen LogP contribution < -0.4 is 0 Å². The van der Waals surface area contributed by atoms with Gasteiger partial charge in [-0.1, -0.05) is 75.3 Å². The maximum absolute atomic E-state index is 11.5. The van der Waals surface area contributed by atoms with Crippen LogP contribution >= 0.6 is 11.8 Å². The molecule has 0 aliphatic rings. The molecule has 0 saturated carbocycles. The molecule has 0 rings (SSSR count). The Morgan fingerprint density at radius 3 is 2.54 bits per heavy atom. The first kappa shape index (κ1) is 26.8. The van der Waals surface area contributed by atoms with Crippen LogP contribution in [0.2, 0.25) is 0 Å². The maximum Gasteiger partial charge on any atom is 0.188 e. The predicted octanol–water partition coefficient (Wildman–Crippen LogP) is 7.99. The van der Waals surface area contributed by atoms with E-state index < -0.39 is 0 Å². The number of hydrogen-bond donors (Lipinski definition) is 0. The van der Waals surface area contributed by atoms with E-state index in [9.17, 15) is 4.79 Å². The van der Waals surface area contributed by atoms with Crippen molar-refractivity contribution >= 4 is 16.9 Å². The zero-order chi connectivity index (χ0) is 21.3. The lowest BCUT2D eigenvalue weighted by Gasteiger charge is -2.20. The molecule has 0 radical (unpaired) electrons. The van der Waals surface area contributed by atoms with Gasteiger partial charge < -0.3 is 0 Å². The molecule has 0 aliphatic heterocycles. The fourth-order valence-corrected chi connectivity index (χ4v) is 3.85. The smallest absolute Gasteiger partial charge is 0.188 e. The molecular weight excluding hydrogens is 360 g/mol. The Morgan fingerprint density at radius 2 is 1.93 bits per heavy atom. The summed E-state index contributed by atoms with van der Waals surface area (Å²) >= 11 is 1.44. The third-order valence-electron chi connectivity index (χ3n) is 5.35. The number of terminal acetylenes is 1. The first-order valence-corrected chi connectivity index (χ1v) is 12.0. The van der Waals surface area contributed by atoms with Crippen LogP contribution in [0.15, 0.2) is 37.0 Å². The van der Waals surface area contributed by atoms with Crippen LogP contribution in [0.5, 0.6) is 0 Å². The zero-order valence-corrected chi connectivity index (χ0v) is 19.5. The van der Waals surface area contributed by atoms with Crippen LogP contribution in [-0.4, -0.2) is 10.9 Å². The highest BCUT2D eigenvalue weighted by molar-refractivity contribution is 8.13. The Morgan fingerprint density at radius 1 is 1.21 bits per heavy atom. The highest BCUT2D eigenvalue weighted by Crippen LogP contribution is 2.26. The minimum absolute atomic E-state index is 0.172. The summed E-state index contributed by atoms with van der Waals surface area (Å²) in [6.07, 6.45) is 26.2. The normalized spacial score (nSPS) is 16.0. The van der Waals surface area contributed by atoms with E-state index in [4.69, 9.17) is 6.42 Å². The summed E-state index contributed by atoms with van der Waals surface area (Å²) in [6.45, 7) is 12.6. The fourth-order valence-electron chi connectivity index (χ4n) is 3.24. The van der Waals surface area contributed by atoms with Crippen LogP contribution in [0, 0.1) is 29.6 Å². The topological polar surface area (TPSA) is 17.1 Å². The molecule has 158 valence electrons. The van der Waals surface area contributed by atoms with Gasteiger partial charge in [-0.3, -0.25) is 4.79 Å². The van der Waals surface area contributed by atoms with E-state index in [-0.39, 0.29) is 5.41 Å². The third-order valence-corrected chi connectivity index (χ3v) is 6.17. The number of thioether (sulfide) groups is 1. The van der Waals surface area contributed by atoms with Gasteiger partial charge in [0, 0.05) is 11.8 Å². The van der Waals surface area contributed by atoms with Crippen molar-refractivity contribution in [1.29, 1.82) is 0 Å². The molecule has 0 heterocycles. The molecule has 0 aromatic carbocycles. The summed E-state index contributed by atoms with van der Waals surface area (Å²) < 4.78 is 0. The Kier molecular flexibility index (Phi) is 16.0. The zero-order valence-electron chi connectivity index (χ0n) is 18.7. The van der Waals surface area contributed by atoms with Gasteiger partial charge in [0.25, 0.3) is 0 Å². The molecule has 0 fully saturated rings. The van der Waals surface area contributed by atoms with Crippen molar-refractivity contribution < 1.29 is 4.79 Å². The van der Waals surface area contributed by atoms with Gasteiger partial charge in [0.2, 0.25) is 0 Å². The number of carbonyl (C=O) groups excluding carboxylic acids is 1. The lowest BCUT2D eigenvalue weighted by atomic mass is 9.85. The Balaban J connectivity index is 4.24. The SMILES string of the molecule is C#CC(C)(C=C)CCC/C=C/C(C)[C@@H](C/C=C\CCCC(=O)SCC)CCC.